The van der Waals surface area contributed by atoms with E-state index in [4.69, 9.17) is 4.74 Å². The second kappa shape index (κ2) is 4.55. The Bertz CT molecular complexity index is 715. The van der Waals surface area contributed by atoms with E-state index in [0.29, 0.717) is 12.3 Å². The molecular weight excluding hydrogens is 276 g/mol. The van der Waals surface area contributed by atoms with Crippen molar-refractivity contribution in [2.45, 2.75) is 38.5 Å². The molecule has 4 rings (SSSR count). The molecule has 3 atom stereocenters. The second-order valence-electron chi connectivity index (χ2n) is 6.99. The van der Waals surface area contributed by atoms with E-state index in [1.807, 2.05) is 18.2 Å². The van der Waals surface area contributed by atoms with E-state index in [0.717, 1.165) is 30.6 Å². The maximum absolute atomic E-state index is 13.1. The molecule has 3 nitrogen and oxygen atoms in total. The van der Waals surface area contributed by atoms with Crippen molar-refractivity contribution >= 4 is 11.6 Å². The first-order valence-electron chi connectivity index (χ1n) is 8.00. The van der Waals surface area contributed by atoms with Gasteiger partial charge in [-0.05, 0) is 54.4 Å². The predicted molar refractivity (Wildman–Crippen MR) is 83.2 cm³/mol. The monoisotopic (exact) mass is 296 g/mol. The Hall–Kier alpha value is -1.90. The highest BCUT2D eigenvalue weighted by atomic mass is 16.5. The third-order valence-corrected chi connectivity index (χ3v) is 5.98. The van der Waals surface area contributed by atoms with Gasteiger partial charge in [0.05, 0.1) is 7.11 Å². The second-order valence-corrected chi connectivity index (χ2v) is 6.99. The van der Waals surface area contributed by atoms with E-state index >= 15 is 0 Å². The number of carbonyl (C=O) groups is 2. The van der Waals surface area contributed by atoms with Crippen LogP contribution in [-0.2, 0) is 4.79 Å². The average molecular weight is 296 g/mol. The lowest BCUT2D eigenvalue weighted by molar-refractivity contribution is -0.116. The van der Waals surface area contributed by atoms with Crippen molar-refractivity contribution in [3.63, 3.8) is 0 Å². The van der Waals surface area contributed by atoms with Crippen molar-refractivity contribution in [1.29, 1.82) is 0 Å². The van der Waals surface area contributed by atoms with Crippen molar-refractivity contribution in [1.82, 2.24) is 0 Å². The van der Waals surface area contributed by atoms with E-state index in [9.17, 15) is 9.59 Å². The molecule has 0 saturated heterocycles. The Kier molecular flexibility index (Phi) is 2.84. The van der Waals surface area contributed by atoms with Crippen LogP contribution in [0, 0.1) is 11.3 Å². The number of hydrogen-bond acceptors (Lipinski definition) is 3. The van der Waals surface area contributed by atoms with Crippen LogP contribution in [0.15, 0.2) is 29.8 Å². The SMILES string of the molecule is COc1ccc2c(c1)C(=O)[C@H]1[C@@H]2CCC2=CC(=O)CC[C@@]21C. The van der Waals surface area contributed by atoms with E-state index in [1.54, 1.807) is 7.11 Å². The van der Waals surface area contributed by atoms with Crippen LogP contribution in [0.5, 0.6) is 5.75 Å². The minimum absolute atomic E-state index is 0.0114. The Morgan fingerprint density at radius 3 is 2.82 bits per heavy atom. The van der Waals surface area contributed by atoms with E-state index in [2.05, 4.69) is 13.0 Å². The molecule has 1 aromatic carbocycles. The third-order valence-electron chi connectivity index (χ3n) is 5.98. The van der Waals surface area contributed by atoms with Gasteiger partial charge in [0.2, 0.25) is 0 Å². The Labute approximate surface area is 130 Å². The molecule has 0 aliphatic heterocycles. The van der Waals surface area contributed by atoms with Crippen molar-refractivity contribution in [3.8, 4) is 5.75 Å². The van der Waals surface area contributed by atoms with E-state index < -0.39 is 0 Å². The summed E-state index contributed by atoms with van der Waals surface area (Å²) in [4.78, 5) is 24.8. The van der Waals surface area contributed by atoms with Gasteiger partial charge in [0, 0.05) is 17.9 Å². The highest BCUT2D eigenvalue weighted by molar-refractivity contribution is 6.05. The van der Waals surface area contributed by atoms with Gasteiger partial charge in [0.15, 0.2) is 11.6 Å². The zero-order chi connectivity index (χ0) is 15.5. The van der Waals surface area contributed by atoms with E-state index in [-0.39, 0.29) is 22.9 Å². The fourth-order valence-electron chi connectivity index (χ4n) is 4.78. The first kappa shape index (κ1) is 13.7. The molecule has 3 heteroatoms. The number of allylic oxidation sites excluding steroid dienone is 2. The first-order valence-corrected chi connectivity index (χ1v) is 8.00. The predicted octanol–water partition coefficient (Wildman–Crippen LogP) is 3.68. The smallest absolute Gasteiger partial charge is 0.167 e. The number of hydrogen-bond donors (Lipinski definition) is 0. The average Bonchev–Trinajstić information content (AvgIpc) is 2.81. The summed E-state index contributed by atoms with van der Waals surface area (Å²) >= 11 is 0. The minimum atomic E-state index is -0.153. The molecule has 114 valence electrons. The standard InChI is InChI=1S/C19H20O3/c1-19-8-7-12(20)9-11(19)3-5-15-14-6-4-13(22-2)10-16(14)18(21)17(15)19/h4,6,9-10,15,17H,3,5,7-8H2,1-2H3/t15-,17-,19+/m1/s1. The summed E-state index contributed by atoms with van der Waals surface area (Å²) in [5, 5.41) is 0. The molecule has 0 amide bonds. The lowest BCUT2D eigenvalue weighted by atomic mass is 9.56. The van der Waals surface area contributed by atoms with Crippen LogP contribution < -0.4 is 4.74 Å². The van der Waals surface area contributed by atoms with Gasteiger partial charge < -0.3 is 4.74 Å². The van der Waals surface area contributed by atoms with Gasteiger partial charge in [0.25, 0.3) is 0 Å². The van der Waals surface area contributed by atoms with Gasteiger partial charge in [-0.15, -0.1) is 0 Å². The molecule has 0 aromatic heterocycles. The largest absolute Gasteiger partial charge is 0.497 e. The molecule has 0 spiro atoms. The van der Waals surface area contributed by atoms with Gasteiger partial charge in [-0.2, -0.15) is 0 Å². The molecule has 3 aliphatic rings. The highest BCUT2D eigenvalue weighted by Crippen LogP contribution is 2.59. The van der Waals surface area contributed by atoms with E-state index in [1.165, 1.54) is 11.1 Å². The lowest BCUT2D eigenvalue weighted by Gasteiger charge is -2.46. The van der Waals surface area contributed by atoms with Crippen LogP contribution in [-0.4, -0.2) is 18.7 Å². The van der Waals surface area contributed by atoms with Crippen molar-refractivity contribution < 1.29 is 14.3 Å². The molecule has 0 unspecified atom stereocenters. The fraction of sp³-hybridized carbons (Fsp3) is 0.474. The number of rotatable bonds is 1. The molecule has 0 bridgehead atoms. The molecular formula is C19H20O3. The summed E-state index contributed by atoms with van der Waals surface area (Å²) in [5.41, 5.74) is 3.04. The first-order chi connectivity index (χ1) is 10.5. The maximum Gasteiger partial charge on any atom is 0.167 e. The zero-order valence-corrected chi connectivity index (χ0v) is 13.0. The Morgan fingerprint density at radius 1 is 1.23 bits per heavy atom. The quantitative estimate of drug-likeness (QED) is 0.794. The lowest BCUT2D eigenvalue weighted by Crippen LogP contribution is -2.41. The summed E-state index contributed by atoms with van der Waals surface area (Å²) in [5.74, 6) is 1.48. The molecule has 22 heavy (non-hydrogen) atoms. The van der Waals surface area contributed by atoms with Crippen LogP contribution in [0.25, 0.3) is 0 Å². The number of benzene rings is 1. The van der Waals surface area contributed by atoms with Gasteiger partial charge in [0.1, 0.15) is 5.75 Å². The molecule has 3 aliphatic carbocycles. The summed E-state index contributed by atoms with van der Waals surface area (Å²) in [6.45, 7) is 2.18. The van der Waals surface area contributed by atoms with Crippen molar-refractivity contribution in [2.75, 3.05) is 7.11 Å². The van der Waals surface area contributed by atoms with Gasteiger partial charge >= 0.3 is 0 Å². The molecule has 1 saturated carbocycles. The highest BCUT2D eigenvalue weighted by Gasteiger charge is 2.54. The number of Topliss-reactive ketones (excluding diaryl/α,β-unsaturated/α-hetero) is 1. The van der Waals surface area contributed by atoms with Gasteiger partial charge in [-0.3, -0.25) is 9.59 Å². The Morgan fingerprint density at radius 2 is 2.05 bits per heavy atom. The molecule has 1 fully saturated rings. The maximum atomic E-state index is 13.1. The number of fused-ring (bicyclic) bond motifs is 5. The van der Waals surface area contributed by atoms with Crippen LogP contribution in [0.4, 0.5) is 0 Å². The van der Waals surface area contributed by atoms with Crippen molar-refractivity contribution in [3.05, 3.63) is 41.0 Å². The molecule has 0 heterocycles. The zero-order valence-electron chi connectivity index (χ0n) is 13.0. The summed E-state index contributed by atoms with van der Waals surface area (Å²) in [7, 11) is 1.63. The third kappa shape index (κ3) is 1.68. The molecule has 0 radical (unpaired) electrons. The number of carbonyl (C=O) groups excluding carboxylic acids is 2. The topological polar surface area (TPSA) is 43.4 Å². The van der Waals surface area contributed by atoms with Crippen LogP contribution >= 0.6 is 0 Å². The number of ether oxygens (including phenoxy) is 1. The summed E-state index contributed by atoms with van der Waals surface area (Å²) in [6.07, 6.45) is 5.08. The number of ketones is 2. The minimum Gasteiger partial charge on any atom is -0.497 e. The summed E-state index contributed by atoms with van der Waals surface area (Å²) < 4.78 is 5.28. The summed E-state index contributed by atoms with van der Waals surface area (Å²) in [6, 6.07) is 5.89. The molecule has 0 N–H and O–H groups in total. The van der Waals surface area contributed by atoms with Crippen LogP contribution in [0.2, 0.25) is 0 Å². The number of methoxy groups -OCH3 is 1. The van der Waals surface area contributed by atoms with Gasteiger partial charge in [-0.25, -0.2) is 0 Å². The normalized spacial score (nSPS) is 32.9. The molecule has 1 aromatic rings. The van der Waals surface area contributed by atoms with Gasteiger partial charge in [-0.1, -0.05) is 18.6 Å². The van der Waals surface area contributed by atoms with Crippen LogP contribution in [0.1, 0.15) is 54.4 Å². The van der Waals surface area contributed by atoms with Crippen LogP contribution in [0.3, 0.4) is 0 Å². The fourth-order valence-corrected chi connectivity index (χ4v) is 4.78. The Balaban J connectivity index is 1.83. The van der Waals surface area contributed by atoms with Crippen molar-refractivity contribution in [2.24, 2.45) is 11.3 Å².